The van der Waals surface area contributed by atoms with E-state index in [2.05, 4.69) is 21.3 Å². The summed E-state index contributed by atoms with van der Waals surface area (Å²) in [5.41, 5.74) is 10.4. The highest BCUT2D eigenvalue weighted by atomic mass is 16.4. The number of nitrogens with two attached hydrogens (primary N) is 2. The molecule has 0 aromatic carbocycles. The van der Waals surface area contributed by atoms with Crippen LogP contribution in [0.15, 0.2) is 0 Å². The smallest absolute Gasteiger partial charge is 0.326 e. The Balaban J connectivity index is 2.58. The molecule has 12 heteroatoms. The zero-order valence-corrected chi connectivity index (χ0v) is 16.2. The van der Waals surface area contributed by atoms with Crippen LogP contribution in [-0.4, -0.2) is 72.5 Å². The third-order valence-electron chi connectivity index (χ3n) is 4.42. The predicted octanol–water partition coefficient (Wildman–Crippen LogP) is -3.09. The first-order valence-electron chi connectivity index (χ1n) is 9.56. The molecule has 0 aromatic rings. The highest BCUT2D eigenvalue weighted by Gasteiger charge is 2.28. The molecule has 1 saturated heterocycles. The van der Waals surface area contributed by atoms with Crippen LogP contribution in [0.3, 0.4) is 0 Å². The molecule has 3 unspecified atom stereocenters. The number of carbonyl (C=O) groups excluding carboxylic acids is 4. The van der Waals surface area contributed by atoms with Gasteiger partial charge in [0.15, 0.2) is 0 Å². The van der Waals surface area contributed by atoms with Crippen LogP contribution in [0.1, 0.15) is 38.5 Å². The topological polar surface area (TPSA) is 206 Å². The van der Waals surface area contributed by atoms with Crippen LogP contribution in [-0.2, 0) is 24.0 Å². The zero-order chi connectivity index (χ0) is 21.8. The molecule has 0 aromatic heterocycles. The van der Waals surface area contributed by atoms with Crippen molar-refractivity contribution in [1.29, 1.82) is 0 Å². The van der Waals surface area contributed by atoms with Gasteiger partial charge in [0.05, 0.1) is 19.0 Å². The van der Waals surface area contributed by atoms with Crippen molar-refractivity contribution in [2.45, 2.75) is 56.7 Å². The molecule has 0 saturated carbocycles. The fourth-order valence-corrected chi connectivity index (χ4v) is 2.88. The first kappa shape index (κ1) is 24.3. The molecule has 1 rings (SSSR count). The number of aliphatic carboxylic acids is 1. The summed E-state index contributed by atoms with van der Waals surface area (Å²) in [6.07, 6.45) is 2.62. The molecule has 0 aliphatic carbocycles. The van der Waals surface area contributed by atoms with Crippen molar-refractivity contribution in [2.24, 2.45) is 11.5 Å². The Labute approximate surface area is 168 Å². The minimum atomic E-state index is -1.48. The third kappa shape index (κ3) is 9.34. The number of primary amides is 1. The minimum absolute atomic E-state index is 0.285. The van der Waals surface area contributed by atoms with Crippen LogP contribution >= 0.6 is 0 Å². The summed E-state index contributed by atoms with van der Waals surface area (Å²) in [5, 5.41) is 19.2. The SMILES string of the molecule is NCCCCC(NC(=O)C1CCCN1)C(=O)NCC(=O)NC(CC(N)=O)C(=O)O. The number of hydrogen-bond acceptors (Lipinski definition) is 7. The Kier molecular flexibility index (Phi) is 10.6. The van der Waals surface area contributed by atoms with Crippen molar-refractivity contribution >= 4 is 29.6 Å². The minimum Gasteiger partial charge on any atom is -0.480 e. The molecule has 29 heavy (non-hydrogen) atoms. The molecule has 3 atom stereocenters. The maximum Gasteiger partial charge on any atom is 0.326 e. The largest absolute Gasteiger partial charge is 0.480 e. The van der Waals surface area contributed by atoms with Crippen LogP contribution < -0.4 is 32.7 Å². The van der Waals surface area contributed by atoms with Gasteiger partial charge in [-0.1, -0.05) is 0 Å². The van der Waals surface area contributed by atoms with Crippen molar-refractivity contribution in [3.63, 3.8) is 0 Å². The van der Waals surface area contributed by atoms with Gasteiger partial charge in [-0.05, 0) is 45.2 Å². The molecule has 9 N–H and O–H groups in total. The third-order valence-corrected chi connectivity index (χ3v) is 4.42. The Hall–Kier alpha value is -2.73. The van der Waals surface area contributed by atoms with E-state index in [4.69, 9.17) is 16.6 Å². The van der Waals surface area contributed by atoms with Crippen LogP contribution in [0.5, 0.6) is 0 Å². The summed E-state index contributed by atoms with van der Waals surface area (Å²) in [7, 11) is 0. The van der Waals surface area contributed by atoms with E-state index >= 15 is 0 Å². The fraction of sp³-hybridized carbons (Fsp3) is 0.706. The van der Waals surface area contributed by atoms with Gasteiger partial charge in [0.1, 0.15) is 12.1 Å². The van der Waals surface area contributed by atoms with E-state index in [-0.39, 0.29) is 11.9 Å². The summed E-state index contributed by atoms with van der Waals surface area (Å²) in [6, 6.07) is -2.68. The molecule has 164 valence electrons. The van der Waals surface area contributed by atoms with E-state index in [0.29, 0.717) is 32.2 Å². The number of hydrogen-bond donors (Lipinski definition) is 7. The maximum atomic E-state index is 12.4. The van der Waals surface area contributed by atoms with Crippen molar-refractivity contribution < 1.29 is 29.1 Å². The Morgan fingerprint density at radius 2 is 1.83 bits per heavy atom. The lowest BCUT2D eigenvalue weighted by Gasteiger charge is -2.21. The first-order chi connectivity index (χ1) is 13.7. The van der Waals surface area contributed by atoms with E-state index in [9.17, 15) is 24.0 Å². The number of rotatable bonds is 13. The Bertz CT molecular complexity index is 607. The van der Waals surface area contributed by atoms with Crippen molar-refractivity contribution in [3.8, 4) is 0 Å². The predicted molar refractivity (Wildman–Crippen MR) is 102 cm³/mol. The lowest BCUT2D eigenvalue weighted by molar-refractivity contribution is -0.143. The van der Waals surface area contributed by atoms with E-state index in [1.54, 1.807) is 0 Å². The summed E-state index contributed by atoms with van der Waals surface area (Å²) >= 11 is 0. The Morgan fingerprint density at radius 1 is 1.10 bits per heavy atom. The molecular weight excluding hydrogens is 384 g/mol. The normalized spacial score (nSPS) is 17.8. The molecule has 12 nitrogen and oxygen atoms in total. The average molecular weight is 414 g/mol. The number of carbonyl (C=O) groups is 5. The second kappa shape index (κ2) is 12.7. The highest BCUT2D eigenvalue weighted by Crippen LogP contribution is 2.07. The molecular formula is C17H30N6O6. The van der Waals surface area contributed by atoms with Gasteiger partial charge in [0.2, 0.25) is 23.6 Å². The molecule has 4 amide bonds. The molecule has 0 spiro atoms. The quantitative estimate of drug-likeness (QED) is 0.153. The van der Waals surface area contributed by atoms with Gasteiger partial charge < -0.3 is 37.8 Å². The lowest BCUT2D eigenvalue weighted by Crippen LogP contribution is -2.53. The number of carboxylic acid groups (broad SMARTS) is 1. The second-order valence-corrected chi connectivity index (χ2v) is 6.84. The highest BCUT2D eigenvalue weighted by molar-refractivity contribution is 5.93. The van der Waals surface area contributed by atoms with E-state index in [1.165, 1.54) is 0 Å². The van der Waals surface area contributed by atoms with Crippen molar-refractivity contribution in [2.75, 3.05) is 19.6 Å². The number of unbranched alkanes of at least 4 members (excludes halogenated alkanes) is 1. The van der Waals surface area contributed by atoms with Gasteiger partial charge in [-0.2, -0.15) is 0 Å². The summed E-state index contributed by atoms with van der Waals surface area (Å²) in [4.78, 5) is 58.5. The number of amides is 4. The zero-order valence-electron chi connectivity index (χ0n) is 16.2. The number of nitrogens with one attached hydrogen (secondary N) is 4. The second-order valence-electron chi connectivity index (χ2n) is 6.84. The van der Waals surface area contributed by atoms with Crippen LogP contribution in [0.25, 0.3) is 0 Å². The van der Waals surface area contributed by atoms with Gasteiger partial charge in [0, 0.05) is 0 Å². The van der Waals surface area contributed by atoms with Gasteiger partial charge in [-0.25, -0.2) is 4.79 Å². The average Bonchev–Trinajstić information content (AvgIpc) is 3.19. The van der Waals surface area contributed by atoms with Crippen LogP contribution in [0.2, 0.25) is 0 Å². The van der Waals surface area contributed by atoms with E-state index < -0.39 is 48.7 Å². The molecule has 1 heterocycles. The van der Waals surface area contributed by atoms with Crippen molar-refractivity contribution in [3.05, 3.63) is 0 Å². The van der Waals surface area contributed by atoms with E-state index in [0.717, 1.165) is 13.0 Å². The summed E-state index contributed by atoms with van der Waals surface area (Å²) in [6.45, 7) is 0.677. The molecule has 1 aliphatic rings. The molecule has 0 radical (unpaired) electrons. The van der Waals surface area contributed by atoms with Crippen LogP contribution in [0.4, 0.5) is 0 Å². The van der Waals surface area contributed by atoms with E-state index in [1.807, 2.05) is 0 Å². The maximum absolute atomic E-state index is 12.4. The standard InChI is InChI=1S/C17H30N6O6/c18-6-2-1-4-11(23-16(27)10-5-3-7-20-10)15(26)21-9-14(25)22-12(17(28)29)8-13(19)24/h10-12,20H,1-9,18H2,(H2,19,24)(H,21,26)(H,22,25)(H,23,27)(H,28,29). The van der Waals surface area contributed by atoms with Crippen molar-refractivity contribution in [1.82, 2.24) is 21.3 Å². The Morgan fingerprint density at radius 3 is 2.38 bits per heavy atom. The van der Waals surface area contributed by atoms with Crippen LogP contribution in [0, 0.1) is 0 Å². The van der Waals surface area contributed by atoms with Gasteiger partial charge in [-0.3, -0.25) is 19.2 Å². The number of carboxylic acids is 1. The van der Waals surface area contributed by atoms with Gasteiger partial charge in [0.25, 0.3) is 0 Å². The molecule has 1 aliphatic heterocycles. The molecule has 1 fully saturated rings. The monoisotopic (exact) mass is 414 g/mol. The summed E-state index contributed by atoms with van der Waals surface area (Å²) < 4.78 is 0. The molecule has 0 bridgehead atoms. The summed E-state index contributed by atoms with van der Waals surface area (Å²) in [5.74, 6) is -3.95. The fourth-order valence-electron chi connectivity index (χ4n) is 2.88. The van der Waals surface area contributed by atoms with Gasteiger partial charge >= 0.3 is 5.97 Å². The van der Waals surface area contributed by atoms with Gasteiger partial charge in [-0.15, -0.1) is 0 Å². The first-order valence-corrected chi connectivity index (χ1v) is 9.56. The lowest BCUT2D eigenvalue weighted by atomic mass is 10.1.